The number of halogens is 1. The number of hydrogen-bond acceptors (Lipinski definition) is 3. The molecule has 6 heteroatoms. The zero-order valence-electron chi connectivity index (χ0n) is 15.3. The Kier molecular flexibility index (Phi) is 10.1. The molecule has 1 fully saturated rings. The molecule has 1 aromatic rings. The molecule has 1 heterocycles. The highest BCUT2D eigenvalue weighted by atomic mass is 127. The maximum atomic E-state index is 4.44. The Bertz CT molecular complexity index is 515. The summed E-state index contributed by atoms with van der Waals surface area (Å²) in [5, 5.41) is 4.10. The summed E-state index contributed by atoms with van der Waals surface area (Å²) in [5.74, 6) is 1.04. The van der Waals surface area contributed by atoms with Crippen LogP contribution < -0.4 is 5.32 Å². The number of nitrogens with zero attached hydrogens (tertiary/aromatic N) is 3. The molecule has 1 aliphatic rings. The van der Waals surface area contributed by atoms with Crippen molar-refractivity contribution in [3.05, 3.63) is 35.4 Å². The predicted octanol–water partition coefficient (Wildman–Crippen LogP) is 3.06. The van der Waals surface area contributed by atoms with Crippen molar-refractivity contribution in [3.8, 4) is 0 Å². The van der Waals surface area contributed by atoms with Crippen molar-refractivity contribution in [2.24, 2.45) is 4.99 Å². The van der Waals surface area contributed by atoms with Crippen LogP contribution >= 0.6 is 35.7 Å². The van der Waals surface area contributed by atoms with E-state index < -0.39 is 0 Å². The molecule has 0 spiro atoms. The number of nitrogens with one attached hydrogen (secondary N) is 1. The lowest BCUT2D eigenvalue weighted by Gasteiger charge is -2.36. The number of piperazine rings is 1. The smallest absolute Gasteiger partial charge is 0.193 e. The molecule has 1 aromatic carbocycles. The molecule has 0 bridgehead atoms. The molecule has 0 aromatic heterocycles. The first-order valence-corrected chi connectivity index (χ1v) is 9.67. The molecule has 136 valence electrons. The minimum atomic E-state index is 0. The van der Waals surface area contributed by atoms with Gasteiger partial charge < -0.3 is 10.2 Å². The van der Waals surface area contributed by atoms with Crippen molar-refractivity contribution < 1.29 is 0 Å². The maximum absolute atomic E-state index is 4.44. The normalized spacial score (nSPS) is 17.3. The molecule has 1 aliphatic heterocycles. The van der Waals surface area contributed by atoms with Gasteiger partial charge in [-0.3, -0.25) is 9.89 Å². The van der Waals surface area contributed by atoms with E-state index in [9.17, 15) is 0 Å². The van der Waals surface area contributed by atoms with E-state index in [2.05, 4.69) is 64.5 Å². The number of guanidine groups is 1. The van der Waals surface area contributed by atoms with E-state index in [0.717, 1.165) is 45.2 Å². The Balaban J connectivity index is 0.00000288. The first-order valence-electron chi connectivity index (χ1n) is 8.38. The van der Waals surface area contributed by atoms with Gasteiger partial charge in [-0.25, -0.2) is 0 Å². The van der Waals surface area contributed by atoms with Crippen LogP contribution in [0.15, 0.2) is 29.3 Å². The van der Waals surface area contributed by atoms with E-state index in [0.29, 0.717) is 5.25 Å². The monoisotopic (exact) mass is 462 g/mol. The Hall–Kier alpha value is -0.470. The fourth-order valence-corrected chi connectivity index (χ4v) is 3.09. The van der Waals surface area contributed by atoms with Gasteiger partial charge in [0.15, 0.2) is 5.96 Å². The van der Waals surface area contributed by atoms with Crippen molar-refractivity contribution in [1.29, 1.82) is 0 Å². The van der Waals surface area contributed by atoms with Crippen molar-refractivity contribution in [3.63, 3.8) is 0 Å². The summed E-state index contributed by atoms with van der Waals surface area (Å²) >= 11 is 1.88. The van der Waals surface area contributed by atoms with Gasteiger partial charge in [-0.1, -0.05) is 36.8 Å². The van der Waals surface area contributed by atoms with Gasteiger partial charge in [0.1, 0.15) is 0 Å². The zero-order chi connectivity index (χ0) is 16.7. The van der Waals surface area contributed by atoms with Gasteiger partial charge >= 0.3 is 0 Å². The second-order valence-electron chi connectivity index (χ2n) is 6.23. The summed E-state index contributed by atoms with van der Waals surface area (Å²) < 4.78 is 0. The van der Waals surface area contributed by atoms with E-state index >= 15 is 0 Å². The lowest BCUT2D eigenvalue weighted by atomic mass is 10.1. The zero-order valence-corrected chi connectivity index (χ0v) is 18.4. The summed E-state index contributed by atoms with van der Waals surface area (Å²) in [5.41, 5.74) is 2.75. The van der Waals surface area contributed by atoms with Gasteiger partial charge in [0.25, 0.3) is 0 Å². The molecule has 0 radical (unpaired) electrons. The average molecular weight is 462 g/mol. The fourth-order valence-electron chi connectivity index (χ4n) is 2.84. The number of hydrogen-bond donors (Lipinski definition) is 1. The number of aliphatic imine (C=N–C) groups is 1. The summed E-state index contributed by atoms with van der Waals surface area (Å²) in [6.07, 6.45) is 2.15. The molecule has 1 atom stereocenters. The van der Waals surface area contributed by atoms with Gasteiger partial charge in [0, 0.05) is 51.6 Å². The molecule has 0 amide bonds. The quantitative estimate of drug-likeness (QED) is 0.414. The molecule has 0 aliphatic carbocycles. The van der Waals surface area contributed by atoms with Gasteiger partial charge in [-0.15, -0.1) is 24.0 Å². The van der Waals surface area contributed by atoms with Crippen LogP contribution in [0.3, 0.4) is 0 Å². The highest BCUT2D eigenvalue weighted by Crippen LogP contribution is 2.11. The van der Waals surface area contributed by atoms with Crippen molar-refractivity contribution >= 4 is 41.7 Å². The van der Waals surface area contributed by atoms with Gasteiger partial charge in [0.2, 0.25) is 0 Å². The van der Waals surface area contributed by atoms with E-state index in [-0.39, 0.29) is 24.0 Å². The lowest BCUT2D eigenvalue weighted by molar-refractivity contribution is 0.172. The highest BCUT2D eigenvalue weighted by Gasteiger charge is 2.19. The largest absolute Gasteiger partial charge is 0.355 e. The SMILES string of the molecule is CN=C(NCC(C)SC)N1CCN(Cc2cccc(C)c2)CC1.I. The first kappa shape index (κ1) is 21.6. The number of rotatable bonds is 5. The minimum absolute atomic E-state index is 0. The Morgan fingerprint density at radius 3 is 2.58 bits per heavy atom. The van der Waals surface area contributed by atoms with Crippen LogP contribution in [0.25, 0.3) is 0 Å². The predicted molar refractivity (Wildman–Crippen MR) is 118 cm³/mol. The number of thioether (sulfide) groups is 1. The summed E-state index contributed by atoms with van der Waals surface area (Å²) in [4.78, 5) is 9.35. The minimum Gasteiger partial charge on any atom is -0.355 e. The Morgan fingerprint density at radius 1 is 1.29 bits per heavy atom. The first-order chi connectivity index (χ1) is 11.1. The molecule has 0 saturated carbocycles. The standard InChI is InChI=1S/C18H30N4S.HI/c1-15-6-5-7-17(12-15)14-21-8-10-22(11-9-21)18(19-3)20-13-16(2)23-4;/h5-7,12,16H,8-11,13-14H2,1-4H3,(H,19,20);1H. The van der Waals surface area contributed by atoms with Crippen LogP contribution in [-0.2, 0) is 6.54 Å². The topological polar surface area (TPSA) is 30.9 Å². The molecule has 1 N–H and O–H groups in total. The van der Waals surface area contributed by atoms with E-state index in [1.807, 2.05) is 18.8 Å². The molecule has 1 unspecified atom stereocenters. The molecule has 4 nitrogen and oxygen atoms in total. The van der Waals surface area contributed by atoms with Crippen LogP contribution in [0, 0.1) is 6.92 Å². The van der Waals surface area contributed by atoms with Crippen LogP contribution in [-0.4, -0.2) is 67.0 Å². The number of aryl methyl sites for hydroxylation is 1. The summed E-state index contributed by atoms with van der Waals surface area (Å²) in [6, 6.07) is 8.83. The highest BCUT2D eigenvalue weighted by molar-refractivity contribution is 14.0. The van der Waals surface area contributed by atoms with Crippen LogP contribution in [0.4, 0.5) is 0 Å². The summed E-state index contributed by atoms with van der Waals surface area (Å²) in [6.45, 7) is 10.7. The second kappa shape index (κ2) is 11.2. The van der Waals surface area contributed by atoms with Crippen molar-refractivity contribution in [2.45, 2.75) is 25.6 Å². The molecular formula is C18H31IN4S. The van der Waals surface area contributed by atoms with E-state index in [1.165, 1.54) is 11.1 Å². The van der Waals surface area contributed by atoms with Crippen molar-refractivity contribution in [1.82, 2.24) is 15.1 Å². The van der Waals surface area contributed by atoms with Crippen LogP contribution in [0.1, 0.15) is 18.1 Å². The van der Waals surface area contributed by atoms with Gasteiger partial charge in [0.05, 0.1) is 0 Å². The molecule has 24 heavy (non-hydrogen) atoms. The Labute approximate surface area is 168 Å². The third-order valence-electron chi connectivity index (χ3n) is 4.32. The maximum Gasteiger partial charge on any atom is 0.193 e. The molecular weight excluding hydrogens is 431 g/mol. The van der Waals surface area contributed by atoms with Gasteiger partial charge in [-0.05, 0) is 18.7 Å². The lowest BCUT2D eigenvalue weighted by Crippen LogP contribution is -2.52. The third-order valence-corrected chi connectivity index (χ3v) is 5.29. The number of benzene rings is 1. The van der Waals surface area contributed by atoms with E-state index in [4.69, 9.17) is 0 Å². The summed E-state index contributed by atoms with van der Waals surface area (Å²) in [7, 11) is 1.88. The van der Waals surface area contributed by atoms with Crippen molar-refractivity contribution in [2.75, 3.05) is 46.0 Å². The third kappa shape index (κ3) is 6.80. The van der Waals surface area contributed by atoms with Crippen LogP contribution in [0.2, 0.25) is 0 Å². The molecule has 2 rings (SSSR count). The van der Waals surface area contributed by atoms with Crippen LogP contribution in [0.5, 0.6) is 0 Å². The molecule has 1 saturated heterocycles. The van der Waals surface area contributed by atoms with E-state index in [1.54, 1.807) is 0 Å². The Morgan fingerprint density at radius 2 is 2.00 bits per heavy atom. The van der Waals surface area contributed by atoms with Gasteiger partial charge in [-0.2, -0.15) is 11.8 Å². The fraction of sp³-hybridized carbons (Fsp3) is 0.611. The second-order valence-corrected chi connectivity index (χ2v) is 7.50. The average Bonchev–Trinajstić information content (AvgIpc) is 2.56.